The molecule has 0 saturated carbocycles. The van der Waals surface area contributed by atoms with Gasteiger partial charge in [0.2, 0.25) is 0 Å². The van der Waals surface area contributed by atoms with E-state index in [-0.39, 0.29) is 6.42 Å². The Kier molecular flexibility index (Phi) is 4.66. The predicted octanol–water partition coefficient (Wildman–Crippen LogP) is -0.609. The molecule has 0 saturated heterocycles. The predicted molar refractivity (Wildman–Crippen MR) is 53.8 cm³/mol. The van der Waals surface area contributed by atoms with Crippen LogP contribution in [0.4, 0.5) is 0 Å². The standard InChI is InChI=1S/C7H16N2O4S/c1-7(2,8)6(10)9-4-3-5-14(11,12)13/h4,6,10H,3,5,8H2,1-2H3,(H,11,12,13)/b9-4+. The van der Waals surface area contributed by atoms with Crippen LogP contribution in [0.3, 0.4) is 0 Å². The number of aliphatic hydroxyl groups excluding tert-OH is 1. The summed E-state index contributed by atoms with van der Waals surface area (Å²) in [5, 5.41) is 9.28. The molecule has 0 aliphatic rings. The fraction of sp³-hybridized carbons (Fsp3) is 0.857. The molecule has 0 aliphatic heterocycles. The lowest BCUT2D eigenvalue weighted by molar-refractivity contribution is 0.113. The topological polar surface area (TPSA) is 113 Å². The highest BCUT2D eigenvalue weighted by molar-refractivity contribution is 7.85. The number of hydrogen-bond donors (Lipinski definition) is 3. The van der Waals surface area contributed by atoms with E-state index in [0.29, 0.717) is 0 Å². The Morgan fingerprint density at radius 1 is 1.57 bits per heavy atom. The summed E-state index contributed by atoms with van der Waals surface area (Å²) < 4.78 is 28.9. The van der Waals surface area contributed by atoms with E-state index in [1.807, 2.05) is 0 Å². The third kappa shape index (κ3) is 6.96. The lowest BCUT2D eigenvalue weighted by Gasteiger charge is -2.21. The molecule has 0 fully saturated rings. The van der Waals surface area contributed by atoms with Gasteiger partial charge in [-0.2, -0.15) is 8.42 Å². The first-order valence-electron chi connectivity index (χ1n) is 4.06. The van der Waals surface area contributed by atoms with Crippen LogP contribution in [0.2, 0.25) is 0 Å². The van der Waals surface area contributed by atoms with Crippen LogP contribution in [0.1, 0.15) is 20.3 Å². The second kappa shape index (κ2) is 4.83. The minimum atomic E-state index is -3.96. The second-order valence-corrected chi connectivity index (χ2v) is 5.17. The van der Waals surface area contributed by atoms with Crippen molar-refractivity contribution in [2.45, 2.75) is 32.0 Å². The molecule has 0 spiro atoms. The van der Waals surface area contributed by atoms with Gasteiger partial charge in [0, 0.05) is 6.21 Å². The summed E-state index contributed by atoms with van der Waals surface area (Å²) in [6, 6.07) is 0. The Morgan fingerprint density at radius 2 is 2.07 bits per heavy atom. The van der Waals surface area contributed by atoms with Gasteiger partial charge < -0.3 is 10.8 Å². The zero-order valence-corrected chi connectivity index (χ0v) is 9.03. The quantitative estimate of drug-likeness (QED) is 0.426. The maximum atomic E-state index is 10.3. The van der Waals surface area contributed by atoms with Crippen molar-refractivity contribution in [3.8, 4) is 0 Å². The highest BCUT2D eigenvalue weighted by Crippen LogP contribution is 2.05. The number of nitrogens with zero attached hydrogens (tertiary/aromatic N) is 1. The van der Waals surface area contributed by atoms with E-state index in [1.54, 1.807) is 13.8 Å². The zero-order chi connectivity index (χ0) is 11.4. The molecule has 0 aromatic carbocycles. The molecule has 84 valence electrons. The van der Waals surface area contributed by atoms with Crippen LogP contribution >= 0.6 is 0 Å². The Morgan fingerprint density at radius 3 is 2.43 bits per heavy atom. The van der Waals surface area contributed by atoms with Crippen molar-refractivity contribution in [3.05, 3.63) is 0 Å². The largest absolute Gasteiger partial charge is 0.370 e. The first kappa shape index (κ1) is 13.5. The van der Waals surface area contributed by atoms with Crippen LogP contribution in [0, 0.1) is 0 Å². The Balaban J connectivity index is 3.97. The third-order valence-electron chi connectivity index (χ3n) is 1.42. The average molecular weight is 224 g/mol. The summed E-state index contributed by atoms with van der Waals surface area (Å²) in [5.41, 5.74) is 4.65. The molecule has 0 bridgehead atoms. The number of nitrogens with two attached hydrogens (primary N) is 1. The van der Waals surface area contributed by atoms with Crippen molar-refractivity contribution in [1.29, 1.82) is 0 Å². The molecular weight excluding hydrogens is 208 g/mol. The van der Waals surface area contributed by atoms with Gasteiger partial charge in [-0.3, -0.25) is 9.55 Å². The molecule has 0 aromatic heterocycles. The van der Waals surface area contributed by atoms with Gasteiger partial charge in [0.15, 0.2) is 6.23 Å². The Bertz CT molecular complexity index is 291. The van der Waals surface area contributed by atoms with Crippen molar-refractivity contribution < 1.29 is 18.1 Å². The van der Waals surface area contributed by atoms with Gasteiger partial charge in [0.1, 0.15) is 0 Å². The summed E-state index contributed by atoms with van der Waals surface area (Å²) in [6.07, 6.45) is 0.197. The van der Waals surface area contributed by atoms with Crippen LogP contribution in [0.5, 0.6) is 0 Å². The molecule has 0 heterocycles. The third-order valence-corrected chi connectivity index (χ3v) is 2.17. The SMILES string of the molecule is CC(C)(N)C(O)/N=C/CCS(=O)(=O)O. The first-order valence-corrected chi connectivity index (χ1v) is 5.67. The summed E-state index contributed by atoms with van der Waals surface area (Å²) in [6.45, 7) is 3.19. The summed E-state index contributed by atoms with van der Waals surface area (Å²) >= 11 is 0. The smallest absolute Gasteiger partial charge is 0.265 e. The van der Waals surface area contributed by atoms with Crippen LogP contribution < -0.4 is 5.73 Å². The van der Waals surface area contributed by atoms with Gasteiger partial charge in [0.25, 0.3) is 10.1 Å². The van der Waals surface area contributed by atoms with E-state index >= 15 is 0 Å². The number of rotatable bonds is 5. The lowest BCUT2D eigenvalue weighted by atomic mass is 10.1. The normalized spacial score (nSPS) is 16.1. The number of aliphatic hydroxyl groups is 1. The van der Waals surface area contributed by atoms with Crippen LogP contribution in [0.25, 0.3) is 0 Å². The minimum absolute atomic E-state index is 0.0476. The van der Waals surface area contributed by atoms with Crippen molar-refractivity contribution in [2.24, 2.45) is 10.7 Å². The van der Waals surface area contributed by atoms with E-state index in [2.05, 4.69) is 4.99 Å². The summed E-state index contributed by atoms with van der Waals surface area (Å²) in [5.74, 6) is -0.409. The van der Waals surface area contributed by atoms with Crippen LogP contribution in [-0.2, 0) is 10.1 Å². The van der Waals surface area contributed by atoms with Gasteiger partial charge in [-0.15, -0.1) is 0 Å². The van der Waals surface area contributed by atoms with E-state index < -0.39 is 27.6 Å². The highest BCUT2D eigenvalue weighted by atomic mass is 32.2. The Hall–Kier alpha value is -0.500. The van der Waals surface area contributed by atoms with Crippen LogP contribution in [-0.4, -0.2) is 41.8 Å². The molecule has 1 unspecified atom stereocenters. The van der Waals surface area contributed by atoms with Gasteiger partial charge in [-0.1, -0.05) is 0 Å². The van der Waals surface area contributed by atoms with Gasteiger partial charge in [-0.25, -0.2) is 0 Å². The monoisotopic (exact) mass is 224 g/mol. The van der Waals surface area contributed by atoms with E-state index in [1.165, 1.54) is 6.21 Å². The van der Waals surface area contributed by atoms with Gasteiger partial charge in [-0.05, 0) is 20.3 Å². The molecule has 0 aliphatic carbocycles. The van der Waals surface area contributed by atoms with Gasteiger partial charge in [0.05, 0.1) is 11.3 Å². The van der Waals surface area contributed by atoms with E-state index in [0.717, 1.165) is 0 Å². The molecule has 0 amide bonds. The number of aliphatic imine (C=N–C) groups is 1. The molecule has 0 aromatic rings. The van der Waals surface area contributed by atoms with E-state index in [4.69, 9.17) is 10.3 Å². The number of hydrogen-bond acceptors (Lipinski definition) is 5. The van der Waals surface area contributed by atoms with Crippen LogP contribution in [0.15, 0.2) is 4.99 Å². The fourth-order valence-electron chi connectivity index (χ4n) is 0.568. The lowest BCUT2D eigenvalue weighted by Crippen LogP contribution is -2.43. The van der Waals surface area contributed by atoms with Gasteiger partial charge >= 0.3 is 0 Å². The highest BCUT2D eigenvalue weighted by Gasteiger charge is 2.20. The molecule has 1 atom stereocenters. The van der Waals surface area contributed by atoms with Crippen molar-refractivity contribution >= 4 is 16.3 Å². The molecular formula is C7H16N2O4S. The van der Waals surface area contributed by atoms with Crippen molar-refractivity contribution in [2.75, 3.05) is 5.75 Å². The first-order chi connectivity index (χ1) is 6.13. The molecule has 0 radical (unpaired) electrons. The molecule has 14 heavy (non-hydrogen) atoms. The zero-order valence-electron chi connectivity index (χ0n) is 8.21. The Labute approximate surface area is 83.6 Å². The van der Waals surface area contributed by atoms with Crippen molar-refractivity contribution in [1.82, 2.24) is 0 Å². The van der Waals surface area contributed by atoms with E-state index in [9.17, 15) is 13.5 Å². The maximum Gasteiger partial charge on any atom is 0.265 e. The molecule has 6 nitrogen and oxygen atoms in total. The second-order valence-electron chi connectivity index (χ2n) is 3.60. The summed E-state index contributed by atoms with van der Waals surface area (Å²) in [4.78, 5) is 3.63. The summed E-state index contributed by atoms with van der Waals surface area (Å²) in [7, 11) is -3.96. The fourth-order valence-corrected chi connectivity index (χ4v) is 0.971. The minimum Gasteiger partial charge on any atom is -0.370 e. The molecule has 7 heteroatoms. The molecule has 4 N–H and O–H groups in total. The maximum absolute atomic E-state index is 10.3. The molecule has 0 rings (SSSR count). The average Bonchev–Trinajstić information content (AvgIpc) is 1.93. The van der Waals surface area contributed by atoms with Crippen molar-refractivity contribution in [3.63, 3.8) is 0 Å².